The second-order valence-electron chi connectivity index (χ2n) is 8.18. The average molecular weight is 463 g/mol. The Morgan fingerprint density at radius 1 is 1.06 bits per heavy atom. The molecule has 0 bridgehead atoms. The highest BCUT2D eigenvalue weighted by Crippen LogP contribution is 2.34. The Balaban J connectivity index is 1.67. The fraction of sp³-hybridized carbons (Fsp3) is 0.407. The van der Waals surface area contributed by atoms with E-state index < -0.39 is 0 Å². The summed E-state index contributed by atoms with van der Waals surface area (Å²) in [5, 5.41) is 0. The standard InChI is InChI=1S/C27H30N2O5/c1-3-34-27(31)10-6-9-26(30)29-19-23-21(12-11-20-7-4-5-8-24(20)29)17-22(18-25(23)32-2)28-13-15-33-16-14-28/h4-5,7-8,17-18H,3,6,9-10,13-16,19H2,1-2H3. The van der Waals surface area contributed by atoms with Gasteiger partial charge in [-0.2, -0.15) is 0 Å². The lowest BCUT2D eigenvalue weighted by Crippen LogP contribution is -2.36. The van der Waals surface area contributed by atoms with Gasteiger partial charge in [-0.05, 0) is 31.5 Å². The van der Waals surface area contributed by atoms with Crippen LogP contribution in [0.25, 0.3) is 0 Å². The summed E-state index contributed by atoms with van der Waals surface area (Å²) in [4.78, 5) is 29.1. The summed E-state index contributed by atoms with van der Waals surface area (Å²) in [5.74, 6) is 6.94. The maximum absolute atomic E-state index is 13.4. The Labute approximate surface area is 200 Å². The van der Waals surface area contributed by atoms with E-state index in [9.17, 15) is 9.59 Å². The molecule has 0 aromatic heterocycles. The number of carbonyl (C=O) groups excluding carboxylic acids is 2. The van der Waals surface area contributed by atoms with E-state index in [4.69, 9.17) is 14.2 Å². The molecule has 2 aromatic carbocycles. The minimum atomic E-state index is -0.281. The van der Waals surface area contributed by atoms with Gasteiger partial charge in [-0.15, -0.1) is 0 Å². The zero-order valence-corrected chi connectivity index (χ0v) is 19.8. The molecule has 0 atom stereocenters. The number of amides is 1. The van der Waals surface area contributed by atoms with Gasteiger partial charge in [-0.1, -0.05) is 24.0 Å². The molecule has 0 spiro atoms. The summed E-state index contributed by atoms with van der Waals surface area (Å²) < 4.78 is 16.3. The minimum Gasteiger partial charge on any atom is -0.496 e. The van der Waals surface area contributed by atoms with Crippen molar-refractivity contribution in [2.24, 2.45) is 0 Å². The van der Waals surface area contributed by atoms with Gasteiger partial charge in [0.1, 0.15) is 5.75 Å². The molecule has 4 rings (SSSR count). The molecule has 7 heteroatoms. The van der Waals surface area contributed by atoms with Crippen molar-refractivity contribution in [3.63, 3.8) is 0 Å². The van der Waals surface area contributed by atoms with Gasteiger partial charge in [0.2, 0.25) is 5.91 Å². The number of hydrogen-bond donors (Lipinski definition) is 0. The molecule has 0 saturated carbocycles. The zero-order valence-electron chi connectivity index (χ0n) is 19.8. The predicted octanol–water partition coefficient (Wildman–Crippen LogP) is 3.51. The van der Waals surface area contributed by atoms with Gasteiger partial charge in [-0.3, -0.25) is 9.59 Å². The Kier molecular flexibility index (Phi) is 7.71. The average Bonchev–Trinajstić information content (AvgIpc) is 2.85. The molecule has 7 nitrogen and oxygen atoms in total. The number of ether oxygens (including phenoxy) is 3. The molecule has 2 aromatic rings. The van der Waals surface area contributed by atoms with Crippen LogP contribution in [0.1, 0.15) is 42.9 Å². The van der Waals surface area contributed by atoms with Crippen LogP contribution < -0.4 is 14.5 Å². The number of morpholine rings is 1. The smallest absolute Gasteiger partial charge is 0.305 e. The highest BCUT2D eigenvalue weighted by atomic mass is 16.5. The fourth-order valence-electron chi connectivity index (χ4n) is 4.26. The Hall–Kier alpha value is -3.50. The second kappa shape index (κ2) is 11.1. The lowest BCUT2D eigenvalue weighted by molar-refractivity contribution is -0.143. The Morgan fingerprint density at radius 3 is 2.59 bits per heavy atom. The summed E-state index contributed by atoms with van der Waals surface area (Å²) in [6.45, 7) is 5.45. The second-order valence-corrected chi connectivity index (χ2v) is 8.18. The number of esters is 1. The number of nitrogens with zero attached hydrogens (tertiary/aromatic N) is 2. The Morgan fingerprint density at radius 2 is 1.82 bits per heavy atom. The SMILES string of the molecule is CCOC(=O)CCCC(=O)N1Cc2c(cc(N3CCOCC3)cc2OC)C#Cc2ccccc21. The van der Waals surface area contributed by atoms with Gasteiger partial charge in [0.25, 0.3) is 0 Å². The van der Waals surface area contributed by atoms with Gasteiger partial charge < -0.3 is 24.0 Å². The number of carbonyl (C=O) groups is 2. The number of para-hydroxylation sites is 1. The molecule has 2 aliphatic heterocycles. The molecule has 0 aliphatic carbocycles. The summed E-state index contributed by atoms with van der Waals surface area (Å²) in [6, 6.07) is 11.8. The van der Waals surface area contributed by atoms with E-state index in [2.05, 4.69) is 22.8 Å². The number of rotatable bonds is 7. The topological polar surface area (TPSA) is 68.3 Å². The van der Waals surface area contributed by atoms with E-state index >= 15 is 0 Å². The summed E-state index contributed by atoms with van der Waals surface area (Å²) in [5.41, 5.74) is 4.32. The molecule has 34 heavy (non-hydrogen) atoms. The normalized spacial score (nSPS) is 14.6. The highest BCUT2D eigenvalue weighted by Gasteiger charge is 2.25. The molecule has 2 heterocycles. The van der Waals surface area contributed by atoms with Crippen LogP contribution in [0.3, 0.4) is 0 Å². The number of hydrogen-bond acceptors (Lipinski definition) is 6. The lowest BCUT2D eigenvalue weighted by Gasteiger charge is -2.31. The monoisotopic (exact) mass is 462 g/mol. The lowest BCUT2D eigenvalue weighted by atomic mass is 10.00. The molecule has 1 saturated heterocycles. The van der Waals surface area contributed by atoms with Crippen molar-refractivity contribution in [1.29, 1.82) is 0 Å². The quantitative estimate of drug-likeness (QED) is 0.463. The fourth-order valence-corrected chi connectivity index (χ4v) is 4.26. The van der Waals surface area contributed by atoms with Crippen molar-refractivity contribution >= 4 is 23.3 Å². The molecule has 0 radical (unpaired) electrons. The molecule has 2 aliphatic rings. The van der Waals surface area contributed by atoms with Crippen LogP contribution >= 0.6 is 0 Å². The van der Waals surface area contributed by atoms with Crippen LogP contribution in [0.5, 0.6) is 5.75 Å². The van der Waals surface area contributed by atoms with Crippen LogP contribution in [0.4, 0.5) is 11.4 Å². The number of fused-ring (bicyclic) bond motifs is 2. The van der Waals surface area contributed by atoms with Gasteiger partial charge >= 0.3 is 5.97 Å². The first-order chi connectivity index (χ1) is 16.6. The Bertz CT molecular complexity index is 1110. The van der Waals surface area contributed by atoms with Crippen molar-refractivity contribution in [1.82, 2.24) is 0 Å². The first kappa shape index (κ1) is 23.7. The van der Waals surface area contributed by atoms with E-state index in [1.165, 1.54) is 0 Å². The van der Waals surface area contributed by atoms with Crippen molar-refractivity contribution in [2.75, 3.05) is 49.8 Å². The number of anilines is 2. The first-order valence-electron chi connectivity index (χ1n) is 11.7. The van der Waals surface area contributed by atoms with Crippen molar-refractivity contribution in [3.05, 3.63) is 53.1 Å². The van der Waals surface area contributed by atoms with Gasteiger partial charge in [-0.25, -0.2) is 0 Å². The first-order valence-corrected chi connectivity index (χ1v) is 11.7. The van der Waals surface area contributed by atoms with E-state index in [0.29, 0.717) is 38.5 Å². The molecule has 1 amide bonds. The van der Waals surface area contributed by atoms with E-state index in [-0.39, 0.29) is 24.7 Å². The van der Waals surface area contributed by atoms with Crippen LogP contribution in [-0.4, -0.2) is 51.9 Å². The maximum atomic E-state index is 13.4. The van der Waals surface area contributed by atoms with Crippen LogP contribution in [-0.2, 0) is 25.6 Å². The predicted molar refractivity (Wildman–Crippen MR) is 130 cm³/mol. The van der Waals surface area contributed by atoms with Gasteiger partial charge in [0.05, 0.1) is 39.2 Å². The third-order valence-corrected chi connectivity index (χ3v) is 6.01. The summed E-state index contributed by atoms with van der Waals surface area (Å²) in [7, 11) is 1.64. The minimum absolute atomic E-state index is 0.0642. The maximum Gasteiger partial charge on any atom is 0.305 e. The third-order valence-electron chi connectivity index (χ3n) is 6.01. The van der Waals surface area contributed by atoms with E-state index in [1.54, 1.807) is 18.9 Å². The van der Waals surface area contributed by atoms with Crippen molar-refractivity contribution in [3.8, 4) is 17.6 Å². The van der Waals surface area contributed by atoms with E-state index in [0.717, 1.165) is 41.2 Å². The highest BCUT2D eigenvalue weighted by molar-refractivity contribution is 5.95. The van der Waals surface area contributed by atoms with Crippen LogP contribution in [0.2, 0.25) is 0 Å². The van der Waals surface area contributed by atoms with Gasteiger partial charge in [0, 0.05) is 54.4 Å². The van der Waals surface area contributed by atoms with Crippen LogP contribution in [0.15, 0.2) is 36.4 Å². The van der Waals surface area contributed by atoms with Gasteiger partial charge in [0.15, 0.2) is 0 Å². The number of methoxy groups -OCH3 is 1. The van der Waals surface area contributed by atoms with Crippen molar-refractivity contribution in [2.45, 2.75) is 32.7 Å². The molecule has 1 fully saturated rings. The molecule has 0 unspecified atom stereocenters. The van der Waals surface area contributed by atoms with Crippen molar-refractivity contribution < 1.29 is 23.8 Å². The largest absolute Gasteiger partial charge is 0.496 e. The zero-order chi connectivity index (χ0) is 23.9. The summed E-state index contributed by atoms with van der Waals surface area (Å²) >= 11 is 0. The molecular weight excluding hydrogens is 432 g/mol. The van der Waals surface area contributed by atoms with Crippen LogP contribution in [0, 0.1) is 11.8 Å². The third kappa shape index (κ3) is 5.35. The molecule has 0 N–H and O–H groups in total. The molecule has 178 valence electrons. The summed E-state index contributed by atoms with van der Waals surface area (Å²) in [6.07, 6.45) is 0.893. The number of benzene rings is 2. The molecular formula is C27H30N2O5. The van der Waals surface area contributed by atoms with E-state index in [1.807, 2.05) is 30.3 Å².